The summed E-state index contributed by atoms with van der Waals surface area (Å²) in [5.41, 5.74) is 3.52. The maximum atomic E-state index is 13.4. The molecule has 0 bridgehead atoms. The number of fused-ring (bicyclic) bond motifs is 1. The van der Waals surface area contributed by atoms with E-state index < -0.39 is 6.04 Å². The molecule has 0 unspecified atom stereocenters. The van der Waals surface area contributed by atoms with Gasteiger partial charge in [-0.25, -0.2) is 4.98 Å². The van der Waals surface area contributed by atoms with Gasteiger partial charge >= 0.3 is 0 Å². The predicted molar refractivity (Wildman–Crippen MR) is 129 cm³/mol. The average molecular weight is 456 g/mol. The molecule has 0 spiro atoms. The number of amides is 2. The molecule has 8 nitrogen and oxygen atoms in total. The summed E-state index contributed by atoms with van der Waals surface area (Å²) >= 11 is 0. The maximum Gasteiger partial charge on any atom is 0.254 e. The Morgan fingerprint density at radius 3 is 2.76 bits per heavy atom. The van der Waals surface area contributed by atoms with Crippen molar-refractivity contribution < 1.29 is 14.3 Å². The van der Waals surface area contributed by atoms with E-state index in [9.17, 15) is 9.59 Å². The van der Waals surface area contributed by atoms with Crippen LogP contribution in [-0.4, -0.2) is 50.9 Å². The summed E-state index contributed by atoms with van der Waals surface area (Å²) < 4.78 is 7.41. The van der Waals surface area contributed by atoms with Gasteiger partial charge in [0.15, 0.2) is 0 Å². The lowest BCUT2D eigenvalue weighted by atomic mass is 10.1. The van der Waals surface area contributed by atoms with Crippen LogP contribution in [0.1, 0.15) is 28.9 Å². The van der Waals surface area contributed by atoms with E-state index in [-0.39, 0.29) is 11.8 Å². The van der Waals surface area contributed by atoms with Crippen molar-refractivity contribution in [1.82, 2.24) is 19.4 Å². The molecule has 0 saturated carbocycles. The molecular formula is C26H25N5O3. The van der Waals surface area contributed by atoms with Gasteiger partial charge in [0.2, 0.25) is 5.91 Å². The molecule has 2 aromatic carbocycles. The Bertz CT molecular complexity index is 1370. The van der Waals surface area contributed by atoms with Gasteiger partial charge in [0.05, 0.1) is 36.0 Å². The van der Waals surface area contributed by atoms with Crippen LogP contribution in [0.4, 0.5) is 5.69 Å². The van der Waals surface area contributed by atoms with Gasteiger partial charge in [-0.2, -0.15) is 0 Å². The molecule has 8 heteroatoms. The number of para-hydroxylation sites is 1. The number of carbonyl (C=O) groups is 2. The number of carbonyl (C=O) groups excluding carboxylic acids is 2. The van der Waals surface area contributed by atoms with E-state index in [1.54, 1.807) is 36.7 Å². The lowest BCUT2D eigenvalue weighted by Crippen LogP contribution is -2.43. The smallest absolute Gasteiger partial charge is 0.254 e. The van der Waals surface area contributed by atoms with E-state index in [0.29, 0.717) is 30.0 Å². The minimum Gasteiger partial charge on any atom is -0.495 e. The second-order valence-corrected chi connectivity index (χ2v) is 8.34. The van der Waals surface area contributed by atoms with Crippen molar-refractivity contribution in [2.24, 2.45) is 0 Å². The number of likely N-dealkylation sites (tertiary alicyclic amines) is 1. The number of rotatable bonds is 5. The van der Waals surface area contributed by atoms with Crippen LogP contribution in [0.15, 0.2) is 67.3 Å². The van der Waals surface area contributed by atoms with Gasteiger partial charge < -0.3 is 19.5 Å². The van der Waals surface area contributed by atoms with Gasteiger partial charge in [0.25, 0.3) is 5.91 Å². The molecule has 0 radical (unpaired) electrons. The Kier molecular flexibility index (Phi) is 5.71. The van der Waals surface area contributed by atoms with Gasteiger partial charge in [0, 0.05) is 29.9 Å². The first-order valence-electron chi connectivity index (χ1n) is 11.2. The van der Waals surface area contributed by atoms with Crippen molar-refractivity contribution in [1.29, 1.82) is 0 Å². The van der Waals surface area contributed by atoms with Gasteiger partial charge in [-0.3, -0.25) is 14.6 Å². The van der Waals surface area contributed by atoms with Crippen LogP contribution < -0.4 is 10.1 Å². The maximum absolute atomic E-state index is 13.4. The van der Waals surface area contributed by atoms with E-state index in [1.807, 2.05) is 54.1 Å². The molecule has 2 aromatic heterocycles. The molecule has 1 aliphatic heterocycles. The van der Waals surface area contributed by atoms with Crippen molar-refractivity contribution in [3.63, 3.8) is 0 Å². The Hall–Kier alpha value is -4.20. The normalized spacial score (nSPS) is 15.5. The molecule has 1 fully saturated rings. The van der Waals surface area contributed by atoms with Gasteiger partial charge in [-0.15, -0.1) is 0 Å². The van der Waals surface area contributed by atoms with Crippen LogP contribution in [0.2, 0.25) is 0 Å². The average Bonchev–Trinajstić information content (AvgIpc) is 3.53. The van der Waals surface area contributed by atoms with E-state index in [1.165, 1.54) is 0 Å². The van der Waals surface area contributed by atoms with Crippen LogP contribution >= 0.6 is 0 Å². The topological polar surface area (TPSA) is 89.4 Å². The third-order valence-corrected chi connectivity index (χ3v) is 6.12. The number of methoxy groups -OCH3 is 1. The Morgan fingerprint density at radius 2 is 1.97 bits per heavy atom. The quantitative estimate of drug-likeness (QED) is 0.492. The zero-order valence-corrected chi connectivity index (χ0v) is 19.1. The number of hydrogen-bond acceptors (Lipinski definition) is 5. The Labute approximate surface area is 197 Å². The summed E-state index contributed by atoms with van der Waals surface area (Å²) in [5, 5.41) is 3.93. The van der Waals surface area contributed by atoms with Crippen molar-refractivity contribution in [3.8, 4) is 11.4 Å². The SMILES string of the molecule is COc1cc(C(=O)N2CCC[C@H]2C(=O)Nc2cccc3cccnc23)ccc1-n1cnc(C)c1. The summed E-state index contributed by atoms with van der Waals surface area (Å²) in [6, 6.07) is 14.2. The summed E-state index contributed by atoms with van der Waals surface area (Å²) in [5.74, 6) is 0.159. The van der Waals surface area contributed by atoms with E-state index in [2.05, 4.69) is 15.3 Å². The number of ether oxygens (including phenoxy) is 1. The number of aromatic nitrogens is 3. The lowest BCUT2D eigenvalue weighted by molar-refractivity contribution is -0.119. The minimum absolute atomic E-state index is 0.194. The molecule has 172 valence electrons. The summed E-state index contributed by atoms with van der Waals surface area (Å²) in [7, 11) is 1.57. The lowest BCUT2D eigenvalue weighted by Gasteiger charge is -2.24. The number of imidazole rings is 1. The minimum atomic E-state index is -0.548. The largest absolute Gasteiger partial charge is 0.495 e. The number of nitrogens with zero attached hydrogens (tertiary/aromatic N) is 4. The molecule has 1 N–H and O–H groups in total. The Balaban J connectivity index is 1.38. The fourth-order valence-electron chi connectivity index (χ4n) is 4.45. The number of nitrogens with one attached hydrogen (secondary N) is 1. The molecule has 5 rings (SSSR count). The van der Waals surface area contributed by atoms with Crippen molar-refractivity contribution in [2.45, 2.75) is 25.8 Å². The van der Waals surface area contributed by atoms with Crippen LogP contribution in [0.5, 0.6) is 5.75 Å². The third kappa shape index (κ3) is 3.98. The number of anilines is 1. The number of hydrogen-bond donors (Lipinski definition) is 1. The highest BCUT2D eigenvalue weighted by molar-refractivity contribution is 6.05. The molecule has 4 aromatic rings. The predicted octanol–water partition coefficient (Wildman–Crippen LogP) is 3.98. The number of aryl methyl sites for hydroxylation is 1. The van der Waals surface area contributed by atoms with Crippen LogP contribution in [-0.2, 0) is 4.79 Å². The molecule has 1 saturated heterocycles. The zero-order chi connectivity index (χ0) is 23.7. The Morgan fingerprint density at radius 1 is 1.12 bits per heavy atom. The molecule has 1 aliphatic rings. The van der Waals surface area contributed by atoms with E-state index in [4.69, 9.17) is 4.74 Å². The van der Waals surface area contributed by atoms with Crippen LogP contribution in [0.25, 0.3) is 16.6 Å². The second-order valence-electron chi connectivity index (χ2n) is 8.34. The monoisotopic (exact) mass is 455 g/mol. The van der Waals surface area contributed by atoms with E-state index >= 15 is 0 Å². The highest BCUT2D eigenvalue weighted by atomic mass is 16.5. The number of pyridine rings is 1. The van der Waals surface area contributed by atoms with Gasteiger partial charge in [-0.05, 0) is 50.1 Å². The first-order chi connectivity index (χ1) is 16.5. The van der Waals surface area contributed by atoms with Gasteiger partial charge in [0.1, 0.15) is 11.8 Å². The van der Waals surface area contributed by atoms with Crippen molar-refractivity contribution >= 4 is 28.4 Å². The van der Waals surface area contributed by atoms with Crippen molar-refractivity contribution in [3.05, 3.63) is 78.5 Å². The highest BCUT2D eigenvalue weighted by Gasteiger charge is 2.35. The van der Waals surface area contributed by atoms with Crippen molar-refractivity contribution in [2.75, 3.05) is 19.0 Å². The van der Waals surface area contributed by atoms with Crippen LogP contribution in [0.3, 0.4) is 0 Å². The van der Waals surface area contributed by atoms with Gasteiger partial charge in [-0.1, -0.05) is 18.2 Å². The second kappa shape index (κ2) is 8.97. The summed E-state index contributed by atoms with van der Waals surface area (Å²) in [4.78, 5) is 36.9. The molecule has 34 heavy (non-hydrogen) atoms. The van der Waals surface area contributed by atoms with Crippen LogP contribution in [0, 0.1) is 6.92 Å². The number of benzene rings is 2. The molecule has 2 amide bonds. The first-order valence-corrected chi connectivity index (χ1v) is 11.2. The fraction of sp³-hybridized carbons (Fsp3) is 0.231. The van der Waals surface area contributed by atoms with E-state index in [0.717, 1.165) is 28.7 Å². The fourth-order valence-corrected chi connectivity index (χ4v) is 4.45. The first kappa shape index (κ1) is 21.6. The molecular weight excluding hydrogens is 430 g/mol. The molecule has 3 heterocycles. The standard InChI is InChI=1S/C26H25N5O3/c1-17-15-30(16-28-17)21-11-10-19(14-23(21)34-2)26(33)31-13-5-9-22(31)25(32)29-20-8-3-6-18-7-4-12-27-24(18)20/h3-4,6-8,10-12,14-16,22H,5,9,13H2,1-2H3,(H,29,32)/t22-/m0/s1. The third-order valence-electron chi connectivity index (χ3n) is 6.12. The summed E-state index contributed by atoms with van der Waals surface area (Å²) in [6.45, 7) is 2.43. The molecule has 0 aliphatic carbocycles. The zero-order valence-electron chi connectivity index (χ0n) is 19.1. The summed E-state index contributed by atoms with van der Waals surface area (Å²) in [6.07, 6.45) is 6.67. The molecule has 1 atom stereocenters. The highest BCUT2D eigenvalue weighted by Crippen LogP contribution is 2.28.